The molecule has 1 heterocycles. The smallest absolute Gasteiger partial charge is 0.238 e. The summed E-state index contributed by atoms with van der Waals surface area (Å²) < 4.78 is 51.9. The van der Waals surface area contributed by atoms with Gasteiger partial charge in [0.1, 0.15) is 11.4 Å². The average molecular weight is 424 g/mol. The molecular weight excluding hydrogens is 408 g/mol. The number of nitrogens with zero attached hydrogens (tertiary/aromatic N) is 2. The minimum Gasteiger partial charge on any atom is -0.238 e. The zero-order valence-corrected chi connectivity index (χ0v) is 16.3. The second-order valence-electron chi connectivity index (χ2n) is 5.91. The van der Waals surface area contributed by atoms with Crippen molar-refractivity contribution in [2.45, 2.75) is 18.2 Å². The van der Waals surface area contributed by atoms with E-state index in [-0.39, 0.29) is 21.8 Å². The predicted molar refractivity (Wildman–Crippen MR) is 105 cm³/mol. The monoisotopic (exact) mass is 423 g/mol. The van der Waals surface area contributed by atoms with E-state index in [2.05, 4.69) is 5.10 Å². The number of sulfonamides is 1. The van der Waals surface area contributed by atoms with E-state index >= 15 is 0 Å². The van der Waals surface area contributed by atoms with Crippen molar-refractivity contribution >= 4 is 27.8 Å². The second kappa shape index (κ2) is 7.83. The van der Waals surface area contributed by atoms with E-state index in [0.29, 0.717) is 16.1 Å². The molecule has 0 spiro atoms. The molecule has 3 rings (SSSR count). The SMILES string of the molecule is CC=Cn1nc(-c2ccc(S(N)(=O)=O)cc2)c(-c2ccc(Cl)cc2)c1C(F)F. The maximum atomic E-state index is 13.9. The molecule has 0 radical (unpaired) electrons. The Hall–Kier alpha value is -2.55. The van der Waals surface area contributed by atoms with Crippen LogP contribution in [0.1, 0.15) is 19.0 Å². The molecule has 0 bridgehead atoms. The van der Waals surface area contributed by atoms with Gasteiger partial charge in [0.2, 0.25) is 10.0 Å². The molecule has 9 heteroatoms. The molecule has 0 atom stereocenters. The van der Waals surface area contributed by atoms with Crippen LogP contribution in [-0.2, 0) is 10.0 Å². The molecule has 0 saturated carbocycles. The Balaban J connectivity index is 2.28. The highest BCUT2D eigenvalue weighted by molar-refractivity contribution is 7.89. The molecule has 28 heavy (non-hydrogen) atoms. The third-order valence-corrected chi connectivity index (χ3v) is 5.21. The maximum absolute atomic E-state index is 13.9. The molecule has 5 nitrogen and oxygen atoms in total. The average Bonchev–Trinajstić information content (AvgIpc) is 3.01. The number of alkyl halides is 2. The van der Waals surface area contributed by atoms with Gasteiger partial charge < -0.3 is 0 Å². The van der Waals surface area contributed by atoms with Gasteiger partial charge in [-0.15, -0.1) is 0 Å². The molecule has 3 aromatic rings. The van der Waals surface area contributed by atoms with Gasteiger partial charge in [0.15, 0.2) is 0 Å². The molecule has 0 saturated heterocycles. The van der Waals surface area contributed by atoms with Crippen molar-refractivity contribution in [3.8, 4) is 22.4 Å². The van der Waals surface area contributed by atoms with Gasteiger partial charge in [-0.3, -0.25) is 0 Å². The summed E-state index contributed by atoms with van der Waals surface area (Å²) in [5.41, 5.74) is 1.25. The first kappa shape index (κ1) is 20.2. The van der Waals surface area contributed by atoms with Crippen LogP contribution in [0.25, 0.3) is 28.6 Å². The van der Waals surface area contributed by atoms with Gasteiger partial charge in [0, 0.05) is 22.3 Å². The van der Waals surface area contributed by atoms with E-state index in [1.165, 1.54) is 30.5 Å². The third kappa shape index (κ3) is 3.99. The van der Waals surface area contributed by atoms with E-state index in [4.69, 9.17) is 16.7 Å². The van der Waals surface area contributed by atoms with E-state index in [1.807, 2.05) is 0 Å². The lowest BCUT2D eigenvalue weighted by Gasteiger charge is -2.08. The van der Waals surface area contributed by atoms with Crippen molar-refractivity contribution in [1.29, 1.82) is 0 Å². The summed E-state index contributed by atoms with van der Waals surface area (Å²) in [6.45, 7) is 1.69. The summed E-state index contributed by atoms with van der Waals surface area (Å²) >= 11 is 5.92. The Morgan fingerprint density at radius 1 is 1.07 bits per heavy atom. The summed E-state index contributed by atoms with van der Waals surface area (Å²) in [4.78, 5) is -0.0775. The van der Waals surface area contributed by atoms with Crippen LogP contribution >= 0.6 is 11.6 Å². The van der Waals surface area contributed by atoms with E-state index in [9.17, 15) is 17.2 Å². The van der Waals surface area contributed by atoms with Gasteiger partial charge in [0.05, 0.1) is 4.90 Å². The summed E-state index contributed by atoms with van der Waals surface area (Å²) in [5.74, 6) is 0. The zero-order chi connectivity index (χ0) is 20.5. The molecule has 0 aliphatic carbocycles. The number of benzene rings is 2. The van der Waals surface area contributed by atoms with Crippen LogP contribution in [0, 0.1) is 0 Å². The minimum absolute atomic E-state index is 0.0775. The van der Waals surface area contributed by atoms with Crippen LogP contribution in [-0.4, -0.2) is 18.2 Å². The summed E-state index contributed by atoms with van der Waals surface area (Å²) in [5, 5.41) is 9.91. The Bertz CT molecular complexity index is 1120. The van der Waals surface area contributed by atoms with E-state index in [0.717, 1.165) is 4.68 Å². The van der Waals surface area contributed by atoms with Gasteiger partial charge in [-0.25, -0.2) is 27.0 Å². The van der Waals surface area contributed by atoms with Crippen LogP contribution in [0.2, 0.25) is 5.02 Å². The number of aromatic nitrogens is 2. The minimum atomic E-state index is -3.87. The number of nitrogens with two attached hydrogens (primary N) is 1. The number of hydrogen-bond acceptors (Lipinski definition) is 3. The number of allylic oxidation sites excluding steroid dienone is 1. The number of hydrogen-bond donors (Lipinski definition) is 1. The standard InChI is InChI=1S/C19H16ClF2N3O2S/c1-2-11-25-18(19(21)22)16(12-3-7-14(20)8-4-12)17(24-25)13-5-9-15(10-6-13)28(23,26)27/h2-11,19H,1H3,(H2,23,26,27). The highest BCUT2D eigenvalue weighted by Crippen LogP contribution is 2.39. The summed E-state index contributed by atoms with van der Waals surface area (Å²) in [7, 11) is -3.87. The second-order valence-corrected chi connectivity index (χ2v) is 7.91. The van der Waals surface area contributed by atoms with Gasteiger partial charge in [-0.2, -0.15) is 5.10 Å². The fourth-order valence-electron chi connectivity index (χ4n) is 2.82. The molecule has 0 aliphatic rings. The molecule has 0 unspecified atom stereocenters. The molecule has 1 aromatic heterocycles. The summed E-state index contributed by atoms with van der Waals surface area (Å²) in [6.07, 6.45) is 0.244. The van der Waals surface area contributed by atoms with Crippen molar-refractivity contribution in [1.82, 2.24) is 9.78 Å². The van der Waals surface area contributed by atoms with Crippen molar-refractivity contribution < 1.29 is 17.2 Å². The first-order valence-corrected chi connectivity index (χ1v) is 10.1. The van der Waals surface area contributed by atoms with Crippen molar-refractivity contribution in [3.63, 3.8) is 0 Å². The topological polar surface area (TPSA) is 78.0 Å². The van der Waals surface area contributed by atoms with E-state index in [1.54, 1.807) is 37.3 Å². The number of primary sulfonamides is 1. The highest BCUT2D eigenvalue weighted by Gasteiger charge is 2.26. The normalized spacial score (nSPS) is 12.2. The fraction of sp³-hybridized carbons (Fsp3) is 0.105. The van der Waals surface area contributed by atoms with E-state index < -0.39 is 16.4 Å². The van der Waals surface area contributed by atoms with Gasteiger partial charge >= 0.3 is 0 Å². The fourth-order valence-corrected chi connectivity index (χ4v) is 3.46. The third-order valence-electron chi connectivity index (χ3n) is 4.03. The Morgan fingerprint density at radius 3 is 2.14 bits per heavy atom. The van der Waals surface area contributed by atoms with Gasteiger partial charge in [-0.05, 0) is 36.8 Å². The first-order chi connectivity index (χ1) is 13.2. The quantitative estimate of drug-likeness (QED) is 0.630. The zero-order valence-electron chi connectivity index (χ0n) is 14.7. The molecule has 0 aliphatic heterocycles. The van der Waals surface area contributed by atoms with Crippen LogP contribution < -0.4 is 5.14 Å². The number of rotatable bonds is 5. The lowest BCUT2D eigenvalue weighted by Crippen LogP contribution is -2.11. The van der Waals surface area contributed by atoms with Crippen molar-refractivity contribution in [2.75, 3.05) is 0 Å². The molecule has 0 fully saturated rings. The highest BCUT2D eigenvalue weighted by atomic mass is 35.5. The van der Waals surface area contributed by atoms with Crippen LogP contribution in [0.5, 0.6) is 0 Å². The maximum Gasteiger partial charge on any atom is 0.281 e. The van der Waals surface area contributed by atoms with Crippen molar-refractivity contribution in [2.24, 2.45) is 5.14 Å². The molecule has 146 valence electrons. The largest absolute Gasteiger partial charge is 0.281 e. The Kier molecular flexibility index (Phi) is 5.64. The molecular formula is C19H16ClF2N3O2S. The number of halogens is 3. The van der Waals surface area contributed by atoms with Crippen molar-refractivity contribution in [3.05, 3.63) is 65.3 Å². The van der Waals surface area contributed by atoms with Gasteiger partial charge in [-0.1, -0.05) is 41.9 Å². The van der Waals surface area contributed by atoms with Crippen LogP contribution in [0.3, 0.4) is 0 Å². The molecule has 2 N–H and O–H groups in total. The lowest BCUT2D eigenvalue weighted by atomic mass is 9.99. The summed E-state index contributed by atoms with van der Waals surface area (Å²) in [6, 6.07) is 12.1. The molecule has 2 aromatic carbocycles. The first-order valence-electron chi connectivity index (χ1n) is 8.15. The lowest BCUT2D eigenvalue weighted by molar-refractivity contribution is 0.144. The predicted octanol–water partition coefficient (Wildman–Crippen LogP) is 4.95. The Morgan fingerprint density at radius 2 is 1.64 bits per heavy atom. The van der Waals surface area contributed by atoms with Crippen LogP contribution in [0.15, 0.2) is 59.5 Å². The van der Waals surface area contributed by atoms with Crippen LogP contribution in [0.4, 0.5) is 8.78 Å². The van der Waals surface area contributed by atoms with Gasteiger partial charge in [0.25, 0.3) is 6.43 Å². The Labute approximate surface area is 166 Å². The molecule has 0 amide bonds.